The number of hydrogen-bond donors (Lipinski definition) is 1. The van der Waals surface area contributed by atoms with Gasteiger partial charge in [-0.05, 0) is 17.5 Å². The van der Waals surface area contributed by atoms with E-state index in [1.165, 1.54) is 5.56 Å². The van der Waals surface area contributed by atoms with E-state index in [0.717, 1.165) is 32.1 Å². The van der Waals surface area contributed by atoms with Crippen molar-refractivity contribution >= 4 is 5.82 Å². The van der Waals surface area contributed by atoms with Gasteiger partial charge in [-0.1, -0.05) is 33.8 Å². The summed E-state index contributed by atoms with van der Waals surface area (Å²) in [5.41, 5.74) is 1.22. The van der Waals surface area contributed by atoms with Gasteiger partial charge in [-0.25, -0.2) is 4.98 Å². The van der Waals surface area contributed by atoms with Crippen LogP contribution in [0.5, 0.6) is 0 Å². The van der Waals surface area contributed by atoms with Crippen LogP contribution in [0.25, 0.3) is 0 Å². The molecular weight excluding hydrogens is 250 g/mol. The lowest BCUT2D eigenvalue weighted by Gasteiger charge is -2.25. The fraction of sp³-hybridized carbons (Fsp3) is 0.688. The van der Waals surface area contributed by atoms with E-state index in [9.17, 15) is 0 Å². The van der Waals surface area contributed by atoms with Crippen LogP contribution in [0.15, 0.2) is 18.3 Å². The molecule has 20 heavy (non-hydrogen) atoms. The molecule has 0 atom stereocenters. The van der Waals surface area contributed by atoms with Crippen molar-refractivity contribution in [2.45, 2.75) is 40.3 Å². The highest BCUT2D eigenvalue weighted by atomic mass is 16.5. The van der Waals surface area contributed by atoms with Crippen LogP contribution in [0.2, 0.25) is 0 Å². The number of nitrogens with one attached hydrogen (secondary N) is 1. The number of anilines is 1. The fourth-order valence-electron chi connectivity index (χ4n) is 1.97. The third-order valence-corrected chi connectivity index (χ3v) is 3.00. The molecule has 0 aliphatic carbocycles. The van der Waals surface area contributed by atoms with Gasteiger partial charge >= 0.3 is 0 Å². The first-order valence-corrected chi connectivity index (χ1v) is 7.45. The summed E-state index contributed by atoms with van der Waals surface area (Å²) in [6.07, 6.45) is 1.96. The Hall–Kier alpha value is -1.13. The second-order valence-electron chi connectivity index (χ2n) is 5.89. The van der Waals surface area contributed by atoms with Crippen molar-refractivity contribution in [2.75, 3.05) is 31.7 Å². The molecule has 0 aliphatic rings. The Kier molecular flexibility index (Phi) is 7.55. The molecule has 0 aliphatic heterocycles. The monoisotopic (exact) mass is 279 g/mol. The standard InChI is InChI=1S/C16H29N3O/c1-13(2)12-19(8-9-20-5)16-7-6-15(11-18-16)10-17-14(3)4/h6-7,11,13-14,17H,8-10,12H2,1-5H3. The smallest absolute Gasteiger partial charge is 0.128 e. The highest BCUT2D eigenvalue weighted by molar-refractivity contribution is 5.39. The molecule has 0 unspecified atom stereocenters. The summed E-state index contributed by atoms with van der Waals surface area (Å²) >= 11 is 0. The van der Waals surface area contributed by atoms with Gasteiger partial charge in [-0.3, -0.25) is 0 Å². The lowest BCUT2D eigenvalue weighted by molar-refractivity contribution is 0.204. The van der Waals surface area contributed by atoms with Crippen LogP contribution in [0, 0.1) is 5.92 Å². The lowest BCUT2D eigenvalue weighted by Crippen LogP contribution is -2.31. The largest absolute Gasteiger partial charge is 0.383 e. The van der Waals surface area contributed by atoms with Gasteiger partial charge in [0.2, 0.25) is 0 Å². The molecule has 1 rings (SSSR count). The third kappa shape index (κ3) is 6.35. The number of aromatic nitrogens is 1. The van der Waals surface area contributed by atoms with Crippen LogP contribution < -0.4 is 10.2 Å². The molecule has 114 valence electrons. The number of nitrogens with zero attached hydrogens (tertiary/aromatic N) is 2. The maximum atomic E-state index is 5.18. The van der Waals surface area contributed by atoms with Crippen LogP contribution in [-0.2, 0) is 11.3 Å². The highest BCUT2D eigenvalue weighted by Crippen LogP contribution is 2.13. The number of methoxy groups -OCH3 is 1. The maximum absolute atomic E-state index is 5.18. The molecule has 1 aromatic rings. The number of ether oxygens (including phenoxy) is 1. The quantitative estimate of drug-likeness (QED) is 0.754. The Balaban J connectivity index is 2.66. The molecule has 0 amide bonds. The van der Waals surface area contributed by atoms with E-state index in [2.05, 4.69) is 55.0 Å². The molecule has 0 radical (unpaired) electrons. The van der Waals surface area contributed by atoms with Crippen molar-refractivity contribution in [2.24, 2.45) is 5.92 Å². The molecule has 1 heterocycles. The zero-order valence-corrected chi connectivity index (χ0v) is 13.5. The van der Waals surface area contributed by atoms with Crippen molar-refractivity contribution in [3.05, 3.63) is 23.9 Å². The Morgan fingerprint density at radius 3 is 2.50 bits per heavy atom. The molecule has 4 heteroatoms. The second-order valence-corrected chi connectivity index (χ2v) is 5.89. The van der Waals surface area contributed by atoms with E-state index in [4.69, 9.17) is 4.74 Å². The first kappa shape index (κ1) is 16.9. The van der Waals surface area contributed by atoms with Gasteiger partial charge in [0, 0.05) is 39.0 Å². The molecule has 4 nitrogen and oxygen atoms in total. The predicted octanol–water partition coefficient (Wildman–Crippen LogP) is 2.69. The average Bonchev–Trinajstić information content (AvgIpc) is 2.41. The van der Waals surface area contributed by atoms with Gasteiger partial charge in [0.1, 0.15) is 5.82 Å². The van der Waals surface area contributed by atoms with E-state index in [1.54, 1.807) is 7.11 Å². The topological polar surface area (TPSA) is 37.4 Å². The minimum atomic E-state index is 0.494. The summed E-state index contributed by atoms with van der Waals surface area (Å²) in [5.74, 6) is 1.64. The lowest BCUT2D eigenvalue weighted by atomic mass is 10.2. The number of rotatable bonds is 9. The molecule has 0 bridgehead atoms. The van der Waals surface area contributed by atoms with E-state index in [1.807, 2.05) is 6.20 Å². The third-order valence-electron chi connectivity index (χ3n) is 3.00. The van der Waals surface area contributed by atoms with Crippen molar-refractivity contribution in [1.29, 1.82) is 0 Å². The number of pyridine rings is 1. The normalized spacial score (nSPS) is 11.3. The zero-order valence-electron chi connectivity index (χ0n) is 13.5. The SMILES string of the molecule is COCCN(CC(C)C)c1ccc(CNC(C)C)cn1. The van der Waals surface area contributed by atoms with Crippen molar-refractivity contribution in [1.82, 2.24) is 10.3 Å². The van der Waals surface area contributed by atoms with Crippen LogP contribution >= 0.6 is 0 Å². The highest BCUT2D eigenvalue weighted by Gasteiger charge is 2.09. The molecule has 1 aromatic heterocycles. The van der Waals surface area contributed by atoms with E-state index in [0.29, 0.717) is 12.0 Å². The van der Waals surface area contributed by atoms with Crippen LogP contribution in [0.1, 0.15) is 33.3 Å². The molecule has 0 spiro atoms. The molecule has 0 saturated carbocycles. The average molecular weight is 279 g/mol. The first-order chi connectivity index (χ1) is 9.52. The van der Waals surface area contributed by atoms with Crippen LogP contribution in [0.4, 0.5) is 5.82 Å². The first-order valence-electron chi connectivity index (χ1n) is 7.45. The summed E-state index contributed by atoms with van der Waals surface area (Å²) in [5, 5.41) is 3.40. The van der Waals surface area contributed by atoms with Gasteiger partial charge in [0.15, 0.2) is 0 Å². The summed E-state index contributed by atoms with van der Waals surface area (Å²) in [6, 6.07) is 4.75. The summed E-state index contributed by atoms with van der Waals surface area (Å²) in [7, 11) is 1.74. The zero-order chi connectivity index (χ0) is 15.0. The van der Waals surface area contributed by atoms with Gasteiger partial charge in [0.05, 0.1) is 6.61 Å². The number of hydrogen-bond acceptors (Lipinski definition) is 4. The Morgan fingerprint density at radius 1 is 1.25 bits per heavy atom. The van der Waals surface area contributed by atoms with Crippen LogP contribution in [0.3, 0.4) is 0 Å². The molecule has 0 saturated heterocycles. The Labute approximate surface area is 123 Å². The van der Waals surface area contributed by atoms with E-state index in [-0.39, 0.29) is 0 Å². The van der Waals surface area contributed by atoms with Crippen molar-refractivity contribution in [3.63, 3.8) is 0 Å². The molecule has 1 N–H and O–H groups in total. The second kappa shape index (κ2) is 8.93. The van der Waals surface area contributed by atoms with Gasteiger partial charge in [-0.15, -0.1) is 0 Å². The summed E-state index contributed by atoms with van der Waals surface area (Å²) < 4.78 is 5.18. The van der Waals surface area contributed by atoms with E-state index >= 15 is 0 Å². The van der Waals surface area contributed by atoms with Gasteiger partial charge in [-0.2, -0.15) is 0 Å². The van der Waals surface area contributed by atoms with Crippen LogP contribution in [-0.4, -0.2) is 37.8 Å². The maximum Gasteiger partial charge on any atom is 0.128 e. The van der Waals surface area contributed by atoms with Crippen molar-refractivity contribution in [3.8, 4) is 0 Å². The molecule has 0 fully saturated rings. The minimum absolute atomic E-state index is 0.494. The summed E-state index contributed by atoms with van der Waals surface area (Å²) in [6.45, 7) is 12.2. The van der Waals surface area contributed by atoms with Crippen molar-refractivity contribution < 1.29 is 4.74 Å². The Bertz CT molecular complexity index is 362. The fourth-order valence-corrected chi connectivity index (χ4v) is 1.97. The molecule has 0 aromatic carbocycles. The van der Waals surface area contributed by atoms with E-state index < -0.39 is 0 Å². The van der Waals surface area contributed by atoms with Gasteiger partial charge < -0.3 is 15.0 Å². The molecular formula is C16H29N3O. The minimum Gasteiger partial charge on any atom is -0.383 e. The Morgan fingerprint density at radius 2 is 2.00 bits per heavy atom. The summed E-state index contributed by atoms with van der Waals surface area (Å²) in [4.78, 5) is 6.88. The van der Waals surface area contributed by atoms with Gasteiger partial charge in [0.25, 0.3) is 0 Å². The predicted molar refractivity (Wildman–Crippen MR) is 85.1 cm³/mol.